The maximum Gasteiger partial charge on any atom is 0.264 e. The molecule has 3 aromatic rings. The third-order valence-electron chi connectivity index (χ3n) is 4.38. The average Bonchev–Trinajstić information content (AvgIpc) is 2.82. The summed E-state index contributed by atoms with van der Waals surface area (Å²) < 4.78 is 33.4. The van der Waals surface area contributed by atoms with Crippen LogP contribution in [0.15, 0.2) is 93.3 Å². The molecule has 0 radical (unpaired) electrons. The number of carbonyl (C=O) groups is 2. The molecule has 34 heavy (non-hydrogen) atoms. The average molecular weight is 545 g/mol. The Morgan fingerprint density at radius 1 is 1.03 bits per heavy atom. The molecule has 3 N–H and O–H groups in total. The summed E-state index contributed by atoms with van der Waals surface area (Å²) in [4.78, 5) is 23.4. The van der Waals surface area contributed by atoms with E-state index in [1.165, 1.54) is 18.3 Å². The lowest BCUT2D eigenvalue weighted by molar-refractivity contribution is -0.120. The van der Waals surface area contributed by atoms with Crippen LogP contribution in [0.5, 0.6) is 5.75 Å². The van der Waals surface area contributed by atoms with Crippen LogP contribution in [0.3, 0.4) is 0 Å². The van der Waals surface area contributed by atoms with Crippen molar-refractivity contribution in [3.8, 4) is 5.75 Å². The van der Waals surface area contributed by atoms with Gasteiger partial charge >= 0.3 is 0 Å². The Kier molecular flexibility index (Phi) is 8.39. The minimum absolute atomic E-state index is 0.0601. The van der Waals surface area contributed by atoms with E-state index in [4.69, 9.17) is 10.5 Å². The summed E-state index contributed by atoms with van der Waals surface area (Å²) in [7, 11) is -4.01. The summed E-state index contributed by atoms with van der Waals surface area (Å²) in [5.74, 6) is -0.757. The number of benzene rings is 3. The van der Waals surface area contributed by atoms with Crippen molar-refractivity contribution >= 4 is 49.7 Å². The minimum atomic E-state index is -4.01. The molecule has 0 fully saturated rings. The highest BCUT2D eigenvalue weighted by Crippen LogP contribution is 2.26. The lowest BCUT2D eigenvalue weighted by Gasteiger charge is -2.23. The summed E-state index contributed by atoms with van der Waals surface area (Å²) in [6.45, 7) is -0.714. The lowest BCUT2D eigenvalue weighted by atomic mass is 10.2. The van der Waals surface area contributed by atoms with E-state index >= 15 is 0 Å². The van der Waals surface area contributed by atoms with Crippen LogP contribution in [0, 0.1) is 0 Å². The number of rotatable bonds is 10. The fourth-order valence-corrected chi connectivity index (χ4v) is 4.64. The first-order valence-electron chi connectivity index (χ1n) is 9.92. The predicted molar refractivity (Wildman–Crippen MR) is 132 cm³/mol. The van der Waals surface area contributed by atoms with Crippen molar-refractivity contribution in [3.05, 3.63) is 88.9 Å². The lowest BCUT2D eigenvalue weighted by Crippen LogP contribution is -2.39. The topological polar surface area (TPSA) is 131 Å². The molecule has 0 aliphatic heterocycles. The number of nitrogens with zero attached hydrogens (tertiary/aromatic N) is 2. The van der Waals surface area contributed by atoms with E-state index in [0.29, 0.717) is 21.5 Å². The zero-order valence-electron chi connectivity index (χ0n) is 17.8. The second-order valence-corrected chi connectivity index (χ2v) is 9.70. The van der Waals surface area contributed by atoms with Crippen LogP contribution < -0.4 is 20.2 Å². The second kappa shape index (κ2) is 11.4. The van der Waals surface area contributed by atoms with Crippen LogP contribution in [0.2, 0.25) is 0 Å². The van der Waals surface area contributed by atoms with E-state index < -0.39 is 28.4 Å². The summed E-state index contributed by atoms with van der Waals surface area (Å²) in [6.07, 6.45) is 1.39. The van der Waals surface area contributed by atoms with Gasteiger partial charge in [-0.25, -0.2) is 13.8 Å². The van der Waals surface area contributed by atoms with Gasteiger partial charge in [-0.15, -0.1) is 0 Å². The van der Waals surface area contributed by atoms with Crippen molar-refractivity contribution in [2.24, 2.45) is 10.8 Å². The summed E-state index contributed by atoms with van der Waals surface area (Å²) in [5, 5.41) is 3.89. The molecule has 0 heterocycles. The molecule has 0 unspecified atom stereocenters. The van der Waals surface area contributed by atoms with Crippen molar-refractivity contribution in [2.75, 3.05) is 17.5 Å². The molecule has 2 amide bonds. The summed E-state index contributed by atoms with van der Waals surface area (Å²) >= 11 is 3.33. The SMILES string of the molecule is NC(=O)COc1ccc(/C=N\NC(=O)CN(c2cccc(Br)c2)S(=O)(=O)c2ccccc2)cc1. The van der Waals surface area contributed by atoms with E-state index in [-0.39, 0.29) is 11.5 Å². The van der Waals surface area contributed by atoms with Gasteiger partial charge in [0.2, 0.25) is 0 Å². The number of hydrogen-bond acceptors (Lipinski definition) is 6. The first-order chi connectivity index (χ1) is 16.3. The zero-order valence-corrected chi connectivity index (χ0v) is 20.2. The Morgan fingerprint density at radius 2 is 1.74 bits per heavy atom. The van der Waals surface area contributed by atoms with E-state index in [1.54, 1.807) is 66.7 Å². The van der Waals surface area contributed by atoms with Gasteiger partial charge in [-0.2, -0.15) is 5.10 Å². The second-order valence-electron chi connectivity index (χ2n) is 6.92. The Bertz CT molecular complexity index is 1280. The summed E-state index contributed by atoms with van der Waals surface area (Å²) in [5.41, 5.74) is 8.35. The van der Waals surface area contributed by atoms with Crippen molar-refractivity contribution in [1.82, 2.24) is 5.43 Å². The fourth-order valence-electron chi connectivity index (χ4n) is 2.82. The van der Waals surface area contributed by atoms with Gasteiger partial charge in [0.25, 0.3) is 21.8 Å². The number of nitrogens with two attached hydrogens (primary N) is 1. The fraction of sp³-hybridized carbons (Fsp3) is 0.0870. The number of nitrogens with one attached hydrogen (secondary N) is 1. The molecule has 0 aromatic heterocycles. The number of halogens is 1. The van der Waals surface area contributed by atoms with Gasteiger partial charge in [-0.3, -0.25) is 13.9 Å². The van der Waals surface area contributed by atoms with Gasteiger partial charge in [0.05, 0.1) is 16.8 Å². The van der Waals surface area contributed by atoms with E-state index in [0.717, 1.165) is 4.31 Å². The molecule has 9 nitrogen and oxygen atoms in total. The maximum atomic E-state index is 13.3. The highest BCUT2D eigenvalue weighted by Gasteiger charge is 2.27. The number of sulfonamides is 1. The van der Waals surface area contributed by atoms with Gasteiger partial charge in [0, 0.05) is 4.47 Å². The molecule has 0 spiro atoms. The Hall–Kier alpha value is -3.70. The Morgan fingerprint density at radius 3 is 2.38 bits per heavy atom. The predicted octanol–water partition coefficient (Wildman–Crippen LogP) is 2.66. The number of carbonyl (C=O) groups excluding carboxylic acids is 2. The standard InChI is InChI=1S/C23H21BrN4O5S/c24-18-5-4-6-19(13-18)28(34(31,32)21-7-2-1-3-8-21)15-23(30)27-26-14-17-9-11-20(12-10-17)33-16-22(25)29/h1-14H,15-16H2,(H2,25,29)(H,27,30)/b26-14-. The quantitative estimate of drug-likeness (QED) is 0.299. The smallest absolute Gasteiger partial charge is 0.264 e. The molecule has 0 aliphatic carbocycles. The highest BCUT2D eigenvalue weighted by molar-refractivity contribution is 9.10. The van der Waals surface area contributed by atoms with Crippen LogP contribution in [0.1, 0.15) is 5.56 Å². The normalized spacial score (nSPS) is 11.2. The molecule has 3 rings (SSSR count). The number of hydrazone groups is 1. The van der Waals surface area contributed by atoms with Crippen LogP contribution in [-0.4, -0.2) is 39.6 Å². The molecule has 0 saturated carbocycles. The zero-order chi connectivity index (χ0) is 24.6. The highest BCUT2D eigenvalue weighted by atomic mass is 79.9. The molecule has 11 heteroatoms. The van der Waals surface area contributed by atoms with E-state index in [9.17, 15) is 18.0 Å². The van der Waals surface area contributed by atoms with Gasteiger partial charge in [0.15, 0.2) is 6.61 Å². The van der Waals surface area contributed by atoms with Crippen LogP contribution in [-0.2, 0) is 19.6 Å². The van der Waals surface area contributed by atoms with Crippen molar-refractivity contribution in [3.63, 3.8) is 0 Å². The first-order valence-corrected chi connectivity index (χ1v) is 12.2. The molecular formula is C23H21BrN4O5S. The minimum Gasteiger partial charge on any atom is -0.484 e. The molecule has 0 atom stereocenters. The number of primary amides is 1. The molecular weight excluding hydrogens is 524 g/mol. The summed E-state index contributed by atoms with van der Waals surface area (Å²) in [6, 6.07) is 21.1. The monoisotopic (exact) mass is 544 g/mol. The largest absolute Gasteiger partial charge is 0.484 e. The molecule has 0 bridgehead atoms. The maximum absolute atomic E-state index is 13.3. The number of hydrogen-bond donors (Lipinski definition) is 2. The van der Waals surface area contributed by atoms with Crippen molar-refractivity contribution in [1.29, 1.82) is 0 Å². The number of amides is 2. The van der Waals surface area contributed by atoms with E-state index in [1.807, 2.05) is 0 Å². The first kappa shape index (κ1) is 24.9. The van der Waals surface area contributed by atoms with Gasteiger partial charge in [-0.1, -0.05) is 40.2 Å². The number of ether oxygens (including phenoxy) is 1. The van der Waals surface area contributed by atoms with Crippen LogP contribution in [0.25, 0.3) is 0 Å². The van der Waals surface area contributed by atoms with Gasteiger partial charge in [0.1, 0.15) is 12.3 Å². The van der Waals surface area contributed by atoms with Gasteiger partial charge in [-0.05, 0) is 60.2 Å². The number of anilines is 1. The Balaban J connectivity index is 1.72. The molecule has 3 aromatic carbocycles. The third-order valence-corrected chi connectivity index (χ3v) is 6.66. The van der Waals surface area contributed by atoms with Crippen LogP contribution >= 0.6 is 15.9 Å². The molecule has 176 valence electrons. The third kappa shape index (κ3) is 6.90. The van der Waals surface area contributed by atoms with Crippen LogP contribution in [0.4, 0.5) is 5.69 Å². The van der Waals surface area contributed by atoms with E-state index in [2.05, 4.69) is 26.5 Å². The molecule has 0 aliphatic rings. The van der Waals surface area contributed by atoms with Crippen molar-refractivity contribution < 1.29 is 22.7 Å². The van der Waals surface area contributed by atoms with Gasteiger partial charge < -0.3 is 10.5 Å². The van der Waals surface area contributed by atoms with Crippen molar-refractivity contribution in [2.45, 2.75) is 4.90 Å². The Labute approximate surface area is 205 Å². The molecule has 0 saturated heterocycles.